The molecule has 1 unspecified atom stereocenters. The highest BCUT2D eigenvalue weighted by Gasteiger charge is 2.62. The molecule has 222 valence electrons. The first-order chi connectivity index (χ1) is 19.7. The van der Waals surface area contributed by atoms with Crippen LogP contribution in [-0.2, 0) is 11.2 Å². The maximum absolute atomic E-state index is 14.6. The van der Waals surface area contributed by atoms with Gasteiger partial charge in [0, 0.05) is 29.9 Å². The quantitative estimate of drug-likeness (QED) is 0.0742. The van der Waals surface area contributed by atoms with Crippen LogP contribution in [0.1, 0.15) is 90.0 Å². The van der Waals surface area contributed by atoms with Crippen LogP contribution in [0.3, 0.4) is 0 Å². The van der Waals surface area contributed by atoms with Crippen molar-refractivity contribution in [3.8, 4) is 28.3 Å². The Morgan fingerprint density at radius 1 is 0.683 bits per heavy atom. The van der Waals surface area contributed by atoms with Crippen molar-refractivity contribution in [2.45, 2.75) is 103 Å². The molecule has 1 atom stereocenters. The smallest absolute Gasteiger partial charge is 0.424 e. The summed E-state index contributed by atoms with van der Waals surface area (Å²) in [5.74, 6) is -1.75. The van der Waals surface area contributed by atoms with E-state index in [1.807, 2.05) is 0 Å². The normalized spacial score (nSPS) is 13.1. The second-order valence-electron chi connectivity index (χ2n) is 10.5. The molecule has 0 aliphatic rings. The van der Waals surface area contributed by atoms with Crippen LogP contribution in [0.5, 0.6) is 5.75 Å². The molecular formula is C33H40F4N2O2. The average Bonchev–Trinajstić information content (AvgIpc) is 2.97. The molecule has 8 heteroatoms. The fourth-order valence-electron chi connectivity index (χ4n) is 4.59. The van der Waals surface area contributed by atoms with Gasteiger partial charge in [0.25, 0.3) is 0 Å². The maximum atomic E-state index is 14.6. The molecule has 1 heterocycles. The number of halogens is 4. The summed E-state index contributed by atoms with van der Waals surface area (Å²) in [6, 6.07) is 14.0. The molecule has 3 aromatic rings. The van der Waals surface area contributed by atoms with E-state index in [2.05, 4.69) is 41.2 Å². The van der Waals surface area contributed by atoms with Gasteiger partial charge in [0.2, 0.25) is 0 Å². The Morgan fingerprint density at radius 3 is 1.78 bits per heavy atom. The molecule has 1 aromatic heterocycles. The summed E-state index contributed by atoms with van der Waals surface area (Å²) in [4.78, 5) is 20.9. The van der Waals surface area contributed by atoms with Crippen molar-refractivity contribution in [2.24, 2.45) is 0 Å². The Labute approximate surface area is 240 Å². The summed E-state index contributed by atoms with van der Waals surface area (Å²) in [6.07, 6.45) is 8.75. The topological polar surface area (TPSA) is 52.1 Å². The number of carbonyl (C=O) groups is 1. The minimum atomic E-state index is -5.36. The van der Waals surface area contributed by atoms with Crippen molar-refractivity contribution in [1.29, 1.82) is 0 Å². The van der Waals surface area contributed by atoms with Crippen LogP contribution in [0.4, 0.5) is 17.6 Å². The van der Waals surface area contributed by atoms with E-state index < -0.39 is 24.2 Å². The lowest BCUT2D eigenvalue weighted by Gasteiger charge is -2.25. The summed E-state index contributed by atoms with van der Waals surface area (Å²) in [7, 11) is 0. The number of nitrogens with zero attached hydrogens (tertiary/aromatic N) is 2. The summed E-state index contributed by atoms with van der Waals surface area (Å²) in [5.41, 5.74) is -0.307. The van der Waals surface area contributed by atoms with Gasteiger partial charge in [0.15, 0.2) is 5.82 Å². The Morgan fingerprint density at radius 2 is 1.22 bits per heavy atom. The molecule has 0 saturated heterocycles. The average molecular weight is 573 g/mol. The van der Waals surface area contributed by atoms with Gasteiger partial charge < -0.3 is 4.74 Å². The van der Waals surface area contributed by atoms with Crippen LogP contribution in [-0.4, -0.2) is 27.8 Å². The second-order valence-corrected chi connectivity index (χ2v) is 10.5. The van der Waals surface area contributed by atoms with E-state index in [4.69, 9.17) is 4.74 Å². The monoisotopic (exact) mass is 572 g/mol. The molecule has 2 aromatic carbocycles. The fraction of sp³-hybridized carbons (Fsp3) is 0.485. The lowest BCUT2D eigenvalue weighted by Crippen LogP contribution is -2.50. The van der Waals surface area contributed by atoms with Gasteiger partial charge in [-0.3, -0.25) is 0 Å². The van der Waals surface area contributed by atoms with Crippen molar-refractivity contribution >= 4 is 5.97 Å². The predicted octanol–water partition coefficient (Wildman–Crippen LogP) is 9.86. The predicted molar refractivity (Wildman–Crippen MR) is 154 cm³/mol. The molecule has 0 amide bonds. The van der Waals surface area contributed by atoms with Gasteiger partial charge in [-0.05, 0) is 54.7 Å². The zero-order valence-electron chi connectivity index (χ0n) is 24.0. The number of alkyl halides is 4. The third-order valence-electron chi connectivity index (χ3n) is 7.23. The van der Waals surface area contributed by atoms with Crippen molar-refractivity contribution in [2.75, 3.05) is 0 Å². The SMILES string of the molecule is CCCCCCCCCCc1ccc(-c2cnc(-c3ccc(OC(=O)C(F)(CCCC)C(F)(F)F)cc3)nc2)cc1. The van der Waals surface area contributed by atoms with E-state index in [9.17, 15) is 22.4 Å². The molecule has 0 bridgehead atoms. The third-order valence-corrected chi connectivity index (χ3v) is 7.23. The lowest BCUT2D eigenvalue weighted by molar-refractivity contribution is -0.236. The van der Waals surface area contributed by atoms with Crippen molar-refractivity contribution in [1.82, 2.24) is 9.97 Å². The summed E-state index contributed by atoms with van der Waals surface area (Å²) < 4.78 is 59.2. The minimum absolute atomic E-state index is 0.0964. The molecule has 0 fully saturated rings. The van der Waals surface area contributed by atoms with Crippen LogP contribution in [0, 0.1) is 0 Å². The molecule has 0 spiro atoms. The number of esters is 1. The van der Waals surface area contributed by atoms with E-state index in [1.54, 1.807) is 19.3 Å². The molecule has 3 rings (SSSR count). The Kier molecular flexibility index (Phi) is 12.3. The van der Waals surface area contributed by atoms with E-state index in [-0.39, 0.29) is 12.2 Å². The number of aromatic nitrogens is 2. The van der Waals surface area contributed by atoms with Crippen LogP contribution in [0.2, 0.25) is 0 Å². The molecule has 0 saturated carbocycles. The Hall–Kier alpha value is -3.29. The van der Waals surface area contributed by atoms with Gasteiger partial charge in [-0.25, -0.2) is 19.2 Å². The highest BCUT2D eigenvalue weighted by Crippen LogP contribution is 2.39. The van der Waals surface area contributed by atoms with Gasteiger partial charge in [0.05, 0.1) is 0 Å². The van der Waals surface area contributed by atoms with Gasteiger partial charge in [0.1, 0.15) is 5.75 Å². The molecule has 0 radical (unpaired) electrons. The summed E-state index contributed by atoms with van der Waals surface area (Å²) in [5, 5.41) is 0. The van der Waals surface area contributed by atoms with Crippen LogP contribution in [0.15, 0.2) is 60.9 Å². The molecule has 0 N–H and O–H groups in total. The number of hydrogen-bond donors (Lipinski definition) is 0. The molecular weight excluding hydrogens is 532 g/mol. The van der Waals surface area contributed by atoms with Gasteiger partial charge in [-0.1, -0.05) is 89.5 Å². The van der Waals surface area contributed by atoms with Crippen molar-refractivity contribution in [3.63, 3.8) is 0 Å². The van der Waals surface area contributed by atoms with Crippen molar-refractivity contribution < 1.29 is 27.1 Å². The number of rotatable bonds is 16. The summed E-state index contributed by atoms with van der Waals surface area (Å²) in [6.45, 7) is 3.85. The number of unbranched alkanes of at least 4 members (excludes halogenated alkanes) is 8. The molecule has 0 aliphatic heterocycles. The Bertz CT molecular complexity index is 1200. The highest BCUT2D eigenvalue weighted by atomic mass is 19.4. The first-order valence-electron chi connectivity index (χ1n) is 14.7. The van der Waals surface area contributed by atoms with Crippen LogP contribution < -0.4 is 4.74 Å². The zero-order valence-corrected chi connectivity index (χ0v) is 24.0. The number of ether oxygens (including phenoxy) is 1. The second kappa shape index (κ2) is 15.6. The van der Waals surface area contributed by atoms with E-state index in [0.29, 0.717) is 17.8 Å². The zero-order chi connectivity index (χ0) is 29.7. The first-order valence-corrected chi connectivity index (χ1v) is 14.7. The highest BCUT2D eigenvalue weighted by molar-refractivity contribution is 5.82. The standard InChI is InChI=1S/C33H40F4N2O2/c1-3-5-7-8-9-10-11-12-13-25-14-16-26(17-15-25)28-23-38-30(39-24-28)27-18-20-29(21-19-27)41-31(40)32(34,22-6-4-2)33(35,36)37/h14-21,23-24H,3-13,22H2,1-2H3. The van der Waals surface area contributed by atoms with E-state index in [0.717, 1.165) is 17.5 Å². The number of aryl methyl sites for hydroxylation is 1. The van der Waals surface area contributed by atoms with Crippen LogP contribution in [0.25, 0.3) is 22.5 Å². The number of benzene rings is 2. The lowest BCUT2D eigenvalue weighted by atomic mass is 9.98. The van der Waals surface area contributed by atoms with Crippen molar-refractivity contribution in [3.05, 3.63) is 66.5 Å². The first kappa shape index (κ1) is 32.2. The van der Waals surface area contributed by atoms with E-state index >= 15 is 0 Å². The van der Waals surface area contributed by atoms with Gasteiger partial charge >= 0.3 is 17.8 Å². The molecule has 0 aliphatic carbocycles. The minimum Gasteiger partial charge on any atom is -0.424 e. The number of hydrogen-bond acceptors (Lipinski definition) is 4. The van der Waals surface area contributed by atoms with Crippen LogP contribution >= 0.6 is 0 Å². The van der Waals surface area contributed by atoms with Gasteiger partial charge in [-0.15, -0.1) is 0 Å². The molecule has 4 nitrogen and oxygen atoms in total. The summed E-state index contributed by atoms with van der Waals surface area (Å²) >= 11 is 0. The van der Waals surface area contributed by atoms with Gasteiger partial charge in [-0.2, -0.15) is 13.2 Å². The third kappa shape index (κ3) is 9.37. The molecule has 41 heavy (non-hydrogen) atoms. The maximum Gasteiger partial charge on any atom is 0.433 e. The number of carbonyl (C=O) groups excluding carboxylic acids is 1. The largest absolute Gasteiger partial charge is 0.433 e. The van der Waals surface area contributed by atoms with E-state index in [1.165, 1.54) is 81.2 Å². The fourth-order valence-corrected chi connectivity index (χ4v) is 4.59. The Balaban J connectivity index is 1.53.